The summed E-state index contributed by atoms with van der Waals surface area (Å²) < 4.78 is 6.73. The predicted octanol–water partition coefficient (Wildman–Crippen LogP) is 13.6. The van der Waals surface area contributed by atoms with Crippen molar-refractivity contribution in [2.24, 2.45) is 0 Å². The number of aromatic nitrogens is 1. The number of pyridine rings is 1. The third kappa shape index (κ3) is 4.76. The van der Waals surface area contributed by atoms with Crippen LogP contribution in [-0.2, 0) is 5.41 Å². The van der Waals surface area contributed by atoms with Gasteiger partial charge >= 0.3 is 0 Å². The topological polar surface area (TPSA) is 28.6 Å². The Balaban J connectivity index is 1.28. The third-order valence-corrected chi connectivity index (χ3v) is 11.4. The van der Waals surface area contributed by atoms with Crippen LogP contribution in [0.2, 0.25) is 0 Å². The van der Waals surface area contributed by atoms with Crippen LogP contribution in [-0.4, -0.2) is 4.98 Å². The summed E-state index contributed by atoms with van der Waals surface area (Å²) in [7, 11) is 0. The normalized spacial score (nSPS) is 14.6. The first-order chi connectivity index (χ1) is 27.8. The predicted molar refractivity (Wildman–Crippen MR) is 228 cm³/mol. The van der Waals surface area contributed by atoms with Gasteiger partial charge in [-0.15, -0.1) is 0 Å². The molecule has 56 heavy (non-hydrogen) atoms. The van der Waals surface area contributed by atoms with E-state index in [9.17, 15) is 0 Å². The van der Waals surface area contributed by atoms with Gasteiger partial charge in [0.05, 0.1) is 17.3 Å². The Morgan fingerprint density at radius 2 is 0.929 bits per heavy atom. The number of anilines is 6. The van der Waals surface area contributed by atoms with Crippen molar-refractivity contribution in [1.82, 2.24) is 4.98 Å². The number of fused-ring (bicyclic) bond motifs is 11. The molecule has 1 spiro atoms. The number of rotatable bonds is 6. The van der Waals surface area contributed by atoms with Crippen LogP contribution in [0, 0.1) is 0 Å². The highest BCUT2D eigenvalue weighted by Gasteiger charge is 2.52. The monoisotopic (exact) mass is 717 g/mol. The molecule has 1 unspecified atom stereocenters. The van der Waals surface area contributed by atoms with E-state index in [0.717, 1.165) is 56.8 Å². The molecule has 1 aliphatic carbocycles. The Bertz CT molecular complexity index is 2770. The largest absolute Gasteiger partial charge is 0.455 e. The van der Waals surface area contributed by atoms with E-state index in [-0.39, 0.29) is 0 Å². The zero-order chi connectivity index (χ0) is 37.1. The maximum atomic E-state index is 6.73. The summed E-state index contributed by atoms with van der Waals surface area (Å²) in [4.78, 5) is 9.35. The van der Waals surface area contributed by atoms with Gasteiger partial charge < -0.3 is 14.5 Å². The van der Waals surface area contributed by atoms with Gasteiger partial charge in [-0.25, -0.2) is 0 Å². The van der Waals surface area contributed by atoms with Crippen molar-refractivity contribution in [3.63, 3.8) is 0 Å². The van der Waals surface area contributed by atoms with E-state index in [1.807, 2.05) is 12.4 Å². The number of hydrogen-bond acceptors (Lipinski definition) is 4. The van der Waals surface area contributed by atoms with Crippen LogP contribution in [0.4, 0.5) is 34.1 Å². The average molecular weight is 718 g/mol. The van der Waals surface area contributed by atoms with Crippen LogP contribution in [0.5, 0.6) is 11.5 Å². The quantitative estimate of drug-likeness (QED) is 0.171. The van der Waals surface area contributed by atoms with Crippen LogP contribution in [0.15, 0.2) is 213 Å². The van der Waals surface area contributed by atoms with Crippen molar-refractivity contribution in [1.29, 1.82) is 0 Å². The highest BCUT2D eigenvalue weighted by molar-refractivity contribution is 6.11. The lowest BCUT2D eigenvalue weighted by Gasteiger charge is -2.40. The van der Waals surface area contributed by atoms with E-state index in [4.69, 9.17) is 4.74 Å². The summed E-state index contributed by atoms with van der Waals surface area (Å²) in [5, 5.41) is 2.38. The number of hydrogen-bond donors (Lipinski definition) is 0. The molecule has 0 saturated carbocycles. The number of ether oxygens (including phenoxy) is 1. The van der Waals surface area contributed by atoms with Gasteiger partial charge in [0, 0.05) is 51.1 Å². The fourth-order valence-electron chi connectivity index (χ4n) is 9.13. The van der Waals surface area contributed by atoms with E-state index in [1.165, 1.54) is 33.0 Å². The molecule has 9 aromatic rings. The number of nitrogens with zero attached hydrogens (tertiary/aromatic N) is 3. The molecule has 2 aliphatic rings. The first-order valence-corrected chi connectivity index (χ1v) is 19.0. The minimum absolute atomic E-state index is 0.731. The van der Waals surface area contributed by atoms with Gasteiger partial charge in [-0.2, -0.15) is 0 Å². The van der Waals surface area contributed by atoms with E-state index in [1.54, 1.807) is 0 Å². The van der Waals surface area contributed by atoms with Gasteiger partial charge in [0.15, 0.2) is 5.75 Å². The molecule has 0 fully saturated rings. The van der Waals surface area contributed by atoms with Crippen LogP contribution in [0.25, 0.3) is 21.9 Å². The Labute approximate surface area is 326 Å². The van der Waals surface area contributed by atoms with Gasteiger partial charge in [-0.3, -0.25) is 4.98 Å². The molecule has 1 atom stereocenters. The molecule has 8 aromatic carbocycles. The molecule has 1 aromatic heterocycles. The van der Waals surface area contributed by atoms with E-state index >= 15 is 0 Å². The minimum atomic E-state index is -0.731. The highest BCUT2D eigenvalue weighted by atomic mass is 16.5. The molecule has 0 saturated heterocycles. The van der Waals surface area contributed by atoms with Crippen molar-refractivity contribution in [2.45, 2.75) is 5.41 Å². The Morgan fingerprint density at radius 3 is 1.57 bits per heavy atom. The lowest BCUT2D eigenvalue weighted by Crippen LogP contribution is -2.32. The van der Waals surface area contributed by atoms with Gasteiger partial charge in [-0.05, 0) is 107 Å². The molecular formula is C52H35N3O. The summed E-state index contributed by atoms with van der Waals surface area (Å²) >= 11 is 0. The van der Waals surface area contributed by atoms with Gasteiger partial charge in [0.25, 0.3) is 0 Å². The average Bonchev–Trinajstić information content (AvgIpc) is 3.55. The summed E-state index contributed by atoms with van der Waals surface area (Å²) in [5.41, 5.74) is 12.9. The fourth-order valence-corrected chi connectivity index (χ4v) is 9.13. The first kappa shape index (κ1) is 32.0. The molecule has 11 rings (SSSR count). The second-order valence-electron chi connectivity index (χ2n) is 14.3. The van der Waals surface area contributed by atoms with Crippen LogP contribution >= 0.6 is 0 Å². The molecule has 4 heteroatoms. The molecule has 1 aliphatic heterocycles. The van der Waals surface area contributed by atoms with Crippen LogP contribution in [0.1, 0.15) is 22.3 Å². The van der Waals surface area contributed by atoms with Crippen molar-refractivity contribution < 1.29 is 4.74 Å². The number of benzene rings is 8. The summed E-state index contributed by atoms with van der Waals surface area (Å²) in [6.45, 7) is 0. The summed E-state index contributed by atoms with van der Waals surface area (Å²) in [5.74, 6) is 1.59. The van der Waals surface area contributed by atoms with Crippen molar-refractivity contribution in [3.8, 4) is 22.6 Å². The van der Waals surface area contributed by atoms with Crippen LogP contribution in [0.3, 0.4) is 0 Å². The Morgan fingerprint density at radius 1 is 0.393 bits per heavy atom. The molecule has 0 radical (unpaired) electrons. The Hall–Kier alpha value is -7.43. The molecule has 4 nitrogen and oxygen atoms in total. The standard InChI is InChI=1S/C52H35N3O/c1-5-17-36(18-6-1)54(37-19-7-2-8-20-37)40-29-30-43-46(33-40)52(44-27-15-16-28-49(44)56-50-35-53-32-31-45(50)52)47-34-48(41-25-13-14-26-42(41)51(43)47)55(38-21-9-3-10-22-38)39-23-11-4-12-24-39/h1-35H. The zero-order valence-corrected chi connectivity index (χ0v) is 30.5. The molecule has 0 amide bonds. The molecule has 264 valence electrons. The van der Waals surface area contributed by atoms with E-state index in [2.05, 4.69) is 215 Å². The Kier molecular flexibility index (Phi) is 7.36. The van der Waals surface area contributed by atoms with Gasteiger partial charge in [-0.1, -0.05) is 121 Å². The fraction of sp³-hybridized carbons (Fsp3) is 0.0192. The van der Waals surface area contributed by atoms with Crippen molar-refractivity contribution >= 4 is 44.9 Å². The molecule has 0 bridgehead atoms. The molecule has 2 heterocycles. The summed E-state index contributed by atoms with van der Waals surface area (Å²) in [6, 6.07) is 71.7. The van der Waals surface area contributed by atoms with Gasteiger partial charge in [0.1, 0.15) is 5.75 Å². The second-order valence-corrected chi connectivity index (χ2v) is 14.3. The third-order valence-electron chi connectivity index (χ3n) is 11.4. The first-order valence-electron chi connectivity index (χ1n) is 19.0. The maximum Gasteiger partial charge on any atom is 0.150 e. The van der Waals surface area contributed by atoms with E-state index in [0.29, 0.717) is 0 Å². The number of para-hydroxylation sites is 5. The smallest absolute Gasteiger partial charge is 0.150 e. The minimum Gasteiger partial charge on any atom is -0.455 e. The van der Waals surface area contributed by atoms with Crippen molar-refractivity contribution in [2.75, 3.05) is 9.80 Å². The lowest BCUT2D eigenvalue weighted by molar-refractivity contribution is 0.434. The van der Waals surface area contributed by atoms with E-state index < -0.39 is 5.41 Å². The maximum absolute atomic E-state index is 6.73. The SMILES string of the molecule is c1ccc(N(c2ccccc2)c2ccc3c(c2)C2(c4ccccc4Oc4cnccc42)c2cc(N(c4ccccc4)c4ccccc4)c4ccccc4c2-3)cc1. The summed E-state index contributed by atoms with van der Waals surface area (Å²) in [6.07, 6.45) is 3.78. The highest BCUT2D eigenvalue weighted by Crippen LogP contribution is 2.64. The molecular weight excluding hydrogens is 683 g/mol. The van der Waals surface area contributed by atoms with Gasteiger partial charge in [0.2, 0.25) is 0 Å². The molecule has 0 N–H and O–H groups in total. The zero-order valence-electron chi connectivity index (χ0n) is 30.5. The van der Waals surface area contributed by atoms with Crippen LogP contribution < -0.4 is 14.5 Å². The lowest BCUT2D eigenvalue weighted by atomic mass is 9.66. The van der Waals surface area contributed by atoms with Crippen molar-refractivity contribution in [3.05, 3.63) is 235 Å². The second kappa shape index (κ2) is 12.9.